The van der Waals surface area contributed by atoms with Crippen LogP contribution in [0.25, 0.3) is 0 Å². The molecule has 0 saturated heterocycles. The molecule has 3 heterocycles. The molecule has 2 aromatic heterocycles. The minimum absolute atomic E-state index is 0.0353. The number of aromatic carboxylic acids is 1. The van der Waals surface area contributed by atoms with E-state index < -0.39 is 18.8 Å². The van der Waals surface area contributed by atoms with Crippen molar-refractivity contribution in [1.82, 2.24) is 14.9 Å². The molecule has 1 aliphatic rings. The van der Waals surface area contributed by atoms with Crippen LogP contribution in [0.1, 0.15) is 32.0 Å². The zero-order chi connectivity index (χ0) is 19.8. The third-order valence-corrected chi connectivity index (χ3v) is 4.01. The summed E-state index contributed by atoms with van der Waals surface area (Å²) >= 11 is 5.89. The van der Waals surface area contributed by atoms with Gasteiger partial charge in [0.1, 0.15) is 5.02 Å². The third-order valence-electron chi connectivity index (χ3n) is 3.74. The van der Waals surface area contributed by atoms with Gasteiger partial charge < -0.3 is 14.7 Å². The third kappa shape index (κ3) is 4.11. The summed E-state index contributed by atoms with van der Waals surface area (Å²) in [6.07, 6.45) is -2.04. The predicted octanol–water partition coefficient (Wildman–Crippen LogP) is 2.93. The van der Waals surface area contributed by atoms with Gasteiger partial charge in [-0.25, -0.2) is 14.8 Å². The predicted molar refractivity (Wildman–Crippen MR) is 85.6 cm³/mol. The molecule has 1 amide bonds. The van der Waals surface area contributed by atoms with Gasteiger partial charge in [-0.2, -0.15) is 13.2 Å². The fraction of sp³-hybridized carbons (Fsp3) is 0.250. The number of alkyl halides is 3. The maximum Gasteiger partial charge on any atom is 0.422 e. The molecule has 11 heteroatoms. The molecule has 1 aliphatic heterocycles. The normalized spacial score (nSPS) is 13.6. The number of nitrogens with zero attached hydrogens (tertiary/aromatic N) is 3. The lowest BCUT2D eigenvalue weighted by molar-refractivity contribution is -0.154. The largest absolute Gasteiger partial charge is 0.477 e. The molecule has 7 nitrogen and oxygen atoms in total. The van der Waals surface area contributed by atoms with Gasteiger partial charge >= 0.3 is 12.1 Å². The van der Waals surface area contributed by atoms with E-state index in [0.717, 1.165) is 0 Å². The first-order chi connectivity index (χ1) is 12.7. The average Bonchev–Trinajstić information content (AvgIpc) is 2.89. The molecule has 0 bridgehead atoms. The lowest BCUT2D eigenvalue weighted by Gasteiger charge is -2.16. The highest BCUT2D eigenvalue weighted by atomic mass is 35.5. The minimum atomic E-state index is -4.52. The summed E-state index contributed by atoms with van der Waals surface area (Å²) in [6, 6.07) is 2.77. The highest BCUT2D eigenvalue weighted by molar-refractivity contribution is 6.31. The Labute approximate surface area is 155 Å². The summed E-state index contributed by atoms with van der Waals surface area (Å²) < 4.78 is 41.1. The van der Waals surface area contributed by atoms with Crippen molar-refractivity contribution < 1.29 is 32.6 Å². The Balaban J connectivity index is 1.75. The summed E-state index contributed by atoms with van der Waals surface area (Å²) in [4.78, 5) is 32.6. The first-order valence-electron chi connectivity index (χ1n) is 7.50. The van der Waals surface area contributed by atoms with Crippen LogP contribution in [-0.4, -0.2) is 44.6 Å². The molecule has 0 aliphatic carbocycles. The van der Waals surface area contributed by atoms with E-state index in [1.165, 1.54) is 29.4 Å². The van der Waals surface area contributed by atoms with Crippen LogP contribution in [0.2, 0.25) is 5.02 Å². The number of carbonyl (C=O) groups is 2. The van der Waals surface area contributed by atoms with Crippen LogP contribution < -0.4 is 4.74 Å². The highest BCUT2D eigenvalue weighted by Crippen LogP contribution is 2.29. The van der Waals surface area contributed by atoms with Crippen LogP contribution in [0.15, 0.2) is 24.5 Å². The van der Waals surface area contributed by atoms with Crippen LogP contribution in [0, 0.1) is 0 Å². The summed E-state index contributed by atoms with van der Waals surface area (Å²) in [5.41, 5.74) is 0.798. The van der Waals surface area contributed by atoms with Gasteiger partial charge in [0, 0.05) is 36.6 Å². The fourth-order valence-corrected chi connectivity index (χ4v) is 2.87. The molecule has 142 valence electrons. The summed E-state index contributed by atoms with van der Waals surface area (Å²) in [6.45, 7) is -1.45. The standard InChI is InChI=1S/C16H11ClF3N3O4/c17-11-3-8(4-22-13(11)27-7-16(18,19)20)5-23-6-10-9(14(23)24)1-2-21-12(10)15(25)26/h1-4H,5-7H2,(H,25,26). The van der Waals surface area contributed by atoms with Crippen molar-refractivity contribution in [2.75, 3.05) is 6.61 Å². The van der Waals surface area contributed by atoms with Gasteiger partial charge in [-0.15, -0.1) is 0 Å². The molecule has 0 spiro atoms. The second-order valence-corrected chi connectivity index (χ2v) is 6.09. The Bertz CT molecular complexity index is 920. The molecule has 27 heavy (non-hydrogen) atoms. The molecule has 1 N–H and O–H groups in total. The van der Waals surface area contributed by atoms with Gasteiger partial charge in [0.05, 0.1) is 0 Å². The zero-order valence-electron chi connectivity index (χ0n) is 13.5. The molecule has 3 rings (SSSR count). The van der Waals surface area contributed by atoms with E-state index in [1.807, 2.05) is 0 Å². The molecule has 0 atom stereocenters. The molecule has 0 fully saturated rings. The van der Waals surface area contributed by atoms with Crippen LogP contribution >= 0.6 is 11.6 Å². The zero-order valence-corrected chi connectivity index (χ0v) is 14.2. The molecule has 2 aromatic rings. The van der Waals surface area contributed by atoms with Crippen LogP contribution in [0.4, 0.5) is 13.2 Å². The number of halogens is 4. The number of rotatable bonds is 5. The second kappa shape index (κ2) is 7.03. The summed E-state index contributed by atoms with van der Waals surface area (Å²) in [5.74, 6) is -1.99. The first-order valence-corrected chi connectivity index (χ1v) is 7.88. The molecule has 0 radical (unpaired) electrons. The van der Waals surface area contributed by atoms with Crippen molar-refractivity contribution in [2.45, 2.75) is 19.3 Å². The number of pyridine rings is 2. The van der Waals surface area contributed by atoms with Crippen molar-refractivity contribution in [2.24, 2.45) is 0 Å². The maximum absolute atomic E-state index is 12.4. The van der Waals surface area contributed by atoms with Gasteiger partial charge in [-0.3, -0.25) is 4.79 Å². The molecular formula is C16H11ClF3N3O4. The van der Waals surface area contributed by atoms with Crippen molar-refractivity contribution in [3.05, 3.63) is 51.9 Å². The number of fused-ring (bicyclic) bond motifs is 1. The van der Waals surface area contributed by atoms with E-state index in [4.69, 9.17) is 11.6 Å². The van der Waals surface area contributed by atoms with Gasteiger partial charge in [-0.05, 0) is 17.7 Å². The number of ether oxygens (including phenoxy) is 1. The van der Waals surface area contributed by atoms with Crippen LogP contribution in [0.3, 0.4) is 0 Å². The van der Waals surface area contributed by atoms with E-state index >= 15 is 0 Å². The lowest BCUT2D eigenvalue weighted by Crippen LogP contribution is -2.23. The van der Waals surface area contributed by atoms with Gasteiger partial charge in [0.25, 0.3) is 5.91 Å². The summed E-state index contributed by atoms with van der Waals surface area (Å²) in [7, 11) is 0. The average molecular weight is 402 g/mol. The van der Waals surface area contributed by atoms with Crippen molar-refractivity contribution in [3.63, 3.8) is 0 Å². The van der Waals surface area contributed by atoms with Crippen molar-refractivity contribution in [3.8, 4) is 5.88 Å². The lowest BCUT2D eigenvalue weighted by atomic mass is 10.1. The highest BCUT2D eigenvalue weighted by Gasteiger charge is 2.32. The maximum atomic E-state index is 12.4. The van der Waals surface area contributed by atoms with Gasteiger partial charge in [-0.1, -0.05) is 11.6 Å². The van der Waals surface area contributed by atoms with E-state index in [0.29, 0.717) is 11.1 Å². The van der Waals surface area contributed by atoms with Gasteiger partial charge in [0.15, 0.2) is 12.3 Å². The SMILES string of the molecule is O=C(O)c1nccc2c1CN(Cc1cnc(OCC(F)(F)F)c(Cl)c1)C2=O. The van der Waals surface area contributed by atoms with Crippen LogP contribution in [-0.2, 0) is 13.1 Å². The minimum Gasteiger partial charge on any atom is -0.477 e. The van der Waals surface area contributed by atoms with E-state index in [-0.39, 0.29) is 41.2 Å². The summed E-state index contributed by atoms with van der Waals surface area (Å²) in [5, 5.41) is 9.04. The Morgan fingerprint density at radius 1 is 1.37 bits per heavy atom. The smallest absolute Gasteiger partial charge is 0.422 e. The molecule has 0 aromatic carbocycles. The number of aromatic nitrogens is 2. The number of carboxylic acid groups (broad SMARTS) is 1. The fourth-order valence-electron chi connectivity index (χ4n) is 2.63. The van der Waals surface area contributed by atoms with Crippen molar-refractivity contribution >= 4 is 23.5 Å². The van der Waals surface area contributed by atoms with E-state index in [2.05, 4.69) is 14.7 Å². The Morgan fingerprint density at radius 3 is 2.74 bits per heavy atom. The van der Waals surface area contributed by atoms with E-state index in [1.54, 1.807) is 0 Å². The second-order valence-electron chi connectivity index (χ2n) is 5.69. The van der Waals surface area contributed by atoms with Gasteiger partial charge in [0.2, 0.25) is 5.88 Å². The quantitative estimate of drug-likeness (QED) is 0.828. The molecular weight excluding hydrogens is 391 g/mol. The Hall–Kier alpha value is -2.88. The van der Waals surface area contributed by atoms with Crippen molar-refractivity contribution in [1.29, 1.82) is 0 Å². The Kier molecular flexibility index (Phi) is 4.92. The number of hydrogen-bond donors (Lipinski definition) is 1. The molecule has 0 saturated carbocycles. The van der Waals surface area contributed by atoms with Crippen LogP contribution in [0.5, 0.6) is 5.88 Å². The number of carboxylic acids is 1. The van der Waals surface area contributed by atoms with E-state index in [9.17, 15) is 27.9 Å². The topological polar surface area (TPSA) is 92.6 Å². The number of carbonyl (C=O) groups excluding carboxylic acids is 1. The monoisotopic (exact) mass is 401 g/mol. The number of hydrogen-bond acceptors (Lipinski definition) is 5. The number of amides is 1. The molecule has 0 unspecified atom stereocenters. The first kappa shape index (κ1) is 18.9. The Morgan fingerprint density at radius 2 is 2.11 bits per heavy atom.